The third kappa shape index (κ3) is 3.64. The number of hydrogen-bond acceptors (Lipinski definition) is 7. The number of benzene rings is 1. The Labute approximate surface area is 168 Å². The van der Waals surface area contributed by atoms with Crippen LogP contribution in [-0.4, -0.2) is 48.5 Å². The number of hydrogen-bond donors (Lipinski definition) is 0. The summed E-state index contributed by atoms with van der Waals surface area (Å²) in [4.78, 5) is 31.7. The van der Waals surface area contributed by atoms with Crippen LogP contribution in [0.5, 0.6) is 11.5 Å². The lowest BCUT2D eigenvalue weighted by molar-refractivity contribution is -0.139. The minimum atomic E-state index is -0.648. The molecule has 0 N–H and O–H groups in total. The maximum absolute atomic E-state index is 12.8. The van der Waals surface area contributed by atoms with Gasteiger partial charge in [-0.2, -0.15) is 0 Å². The third-order valence-corrected chi connectivity index (χ3v) is 5.44. The van der Waals surface area contributed by atoms with Crippen LogP contribution >= 0.6 is 11.8 Å². The van der Waals surface area contributed by atoms with Crippen molar-refractivity contribution >= 4 is 28.8 Å². The van der Waals surface area contributed by atoms with E-state index in [2.05, 4.69) is 11.6 Å². The van der Waals surface area contributed by atoms with Gasteiger partial charge in [-0.3, -0.25) is 9.69 Å². The van der Waals surface area contributed by atoms with Gasteiger partial charge in [0.15, 0.2) is 16.7 Å². The average Bonchev–Trinajstić information content (AvgIpc) is 2.70. The molecule has 0 aliphatic carbocycles. The minimum absolute atomic E-state index is 0.0769. The van der Waals surface area contributed by atoms with Gasteiger partial charge in [-0.1, -0.05) is 30.5 Å². The first-order valence-electron chi connectivity index (χ1n) is 8.76. The Balaban J connectivity index is 2.14. The van der Waals surface area contributed by atoms with Gasteiger partial charge in [-0.15, -0.1) is 0 Å². The van der Waals surface area contributed by atoms with Crippen LogP contribution in [0.3, 0.4) is 0 Å². The molecule has 8 heteroatoms. The van der Waals surface area contributed by atoms with Crippen LogP contribution in [0.25, 0.3) is 0 Å². The number of amides is 1. The molecule has 148 valence electrons. The summed E-state index contributed by atoms with van der Waals surface area (Å²) in [6, 6.07) is 4.69. The number of thioether (sulfide) groups is 1. The number of rotatable bonds is 6. The number of amidine groups is 1. The van der Waals surface area contributed by atoms with E-state index < -0.39 is 12.0 Å². The molecule has 0 unspecified atom stereocenters. The van der Waals surface area contributed by atoms with Gasteiger partial charge in [-0.05, 0) is 24.6 Å². The van der Waals surface area contributed by atoms with Crippen LogP contribution in [0.4, 0.5) is 0 Å². The molecule has 1 atom stereocenters. The van der Waals surface area contributed by atoms with E-state index in [1.54, 1.807) is 31.1 Å². The molecule has 2 aliphatic rings. The summed E-state index contributed by atoms with van der Waals surface area (Å²) < 4.78 is 16.0. The van der Waals surface area contributed by atoms with E-state index in [9.17, 15) is 9.59 Å². The van der Waals surface area contributed by atoms with Gasteiger partial charge in [0.25, 0.3) is 0 Å². The molecule has 2 heterocycles. The number of ether oxygens (including phenoxy) is 3. The first-order chi connectivity index (χ1) is 13.5. The smallest absolute Gasteiger partial charge is 0.338 e. The highest BCUT2D eigenvalue weighted by Crippen LogP contribution is 2.42. The van der Waals surface area contributed by atoms with Gasteiger partial charge in [0.1, 0.15) is 6.61 Å². The van der Waals surface area contributed by atoms with Gasteiger partial charge in [-0.25, -0.2) is 9.79 Å². The zero-order chi connectivity index (χ0) is 20.3. The Bertz CT molecular complexity index is 877. The second kappa shape index (κ2) is 8.52. The van der Waals surface area contributed by atoms with Crippen LogP contribution < -0.4 is 9.47 Å². The van der Waals surface area contributed by atoms with Crippen LogP contribution in [0.1, 0.15) is 24.9 Å². The molecular weight excluding hydrogens is 380 g/mol. The number of nitrogens with zero attached hydrogens (tertiary/aromatic N) is 2. The Morgan fingerprint density at radius 1 is 1.36 bits per heavy atom. The molecule has 0 radical (unpaired) electrons. The van der Waals surface area contributed by atoms with E-state index in [1.165, 1.54) is 24.9 Å². The molecule has 1 aromatic carbocycles. The predicted octanol–water partition coefficient (Wildman–Crippen LogP) is 3.08. The number of allylic oxidation sites excluding steroid dienone is 1. The molecule has 1 amide bonds. The zero-order valence-electron chi connectivity index (χ0n) is 16.1. The summed E-state index contributed by atoms with van der Waals surface area (Å²) in [5, 5.41) is 0.591. The van der Waals surface area contributed by atoms with Gasteiger partial charge in [0.05, 0.1) is 31.5 Å². The van der Waals surface area contributed by atoms with Gasteiger partial charge in [0.2, 0.25) is 5.91 Å². The largest absolute Gasteiger partial charge is 0.493 e. The summed E-state index contributed by atoms with van der Waals surface area (Å²) in [6.07, 6.45) is 1.88. The summed E-state index contributed by atoms with van der Waals surface area (Å²) in [5.41, 5.74) is 1.57. The van der Waals surface area contributed by atoms with Crippen molar-refractivity contribution in [1.82, 2.24) is 4.90 Å². The molecule has 2 aliphatic heterocycles. The van der Waals surface area contributed by atoms with Crippen molar-refractivity contribution in [3.8, 4) is 11.5 Å². The second-order valence-electron chi connectivity index (χ2n) is 6.16. The van der Waals surface area contributed by atoms with Gasteiger partial charge < -0.3 is 14.2 Å². The van der Waals surface area contributed by atoms with E-state index in [4.69, 9.17) is 14.2 Å². The molecule has 0 bridgehead atoms. The maximum Gasteiger partial charge on any atom is 0.338 e. The van der Waals surface area contributed by atoms with Crippen LogP contribution in [0.2, 0.25) is 0 Å². The highest BCUT2D eigenvalue weighted by atomic mass is 32.2. The second-order valence-corrected chi connectivity index (χ2v) is 7.22. The summed E-state index contributed by atoms with van der Waals surface area (Å²) >= 11 is 1.50. The maximum atomic E-state index is 12.8. The molecule has 28 heavy (non-hydrogen) atoms. The van der Waals surface area contributed by atoms with Crippen molar-refractivity contribution < 1.29 is 23.8 Å². The lowest BCUT2D eigenvalue weighted by Gasteiger charge is -2.39. The topological polar surface area (TPSA) is 77.4 Å². The molecule has 1 fully saturated rings. The number of esters is 1. The zero-order valence-corrected chi connectivity index (χ0v) is 16.9. The standard InChI is InChI=1S/C20H22N2O5S/c1-5-9-27-19(24)17-12(2)21-20-22(16(23)8-10-28-20)18(17)13-6-7-14(25-3)15(11-13)26-4/h5-7,11,18H,1,8-10H2,2-4H3/t18-/m0/s1. The minimum Gasteiger partial charge on any atom is -0.493 e. The lowest BCUT2D eigenvalue weighted by Crippen LogP contribution is -2.45. The number of methoxy groups -OCH3 is 2. The van der Waals surface area contributed by atoms with Crippen LogP contribution in [-0.2, 0) is 14.3 Å². The van der Waals surface area contributed by atoms with Crippen molar-refractivity contribution in [2.75, 3.05) is 26.6 Å². The Hall–Kier alpha value is -2.74. The SMILES string of the molecule is C=CCOC(=O)C1=C(C)N=C2SCCC(=O)N2[C@H]1c1ccc(OC)c(OC)c1. The Morgan fingerprint density at radius 2 is 2.11 bits per heavy atom. The fourth-order valence-electron chi connectivity index (χ4n) is 3.21. The fourth-order valence-corrected chi connectivity index (χ4v) is 4.21. The summed E-state index contributed by atoms with van der Waals surface area (Å²) in [5.74, 6) is 1.13. The van der Waals surface area contributed by atoms with Crippen molar-refractivity contribution in [3.05, 3.63) is 47.7 Å². The lowest BCUT2D eigenvalue weighted by atomic mass is 9.94. The molecule has 1 aromatic rings. The first-order valence-corrected chi connectivity index (χ1v) is 9.74. The van der Waals surface area contributed by atoms with E-state index in [-0.39, 0.29) is 12.5 Å². The Kier molecular flexibility index (Phi) is 6.08. The van der Waals surface area contributed by atoms with Crippen LogP contribution in [0, 0.1) is 0 Å². The molecule has 3 rings (SSSR count). The van der Waals surface area contributed by atoms with Gasteiger partial charge >= 0.3 is 5.97 Å². The molecule has 7 nitrogen and oxygen atoms in total. The molecule has 1 saturated heterocycles. The number of fused-ring (bicyclic) bond motifs is 1. The predicted molar refractivity (Wildman–Crippen MR) is 107 cm³/mol. The van der Waals surface area contributed by atoms with Crippen molar-refractivity contribution in [2.24, 2.45) is 4.99 Å². The molecule has 0 aromatic heterocycles. The van der Waals surface area contributed by atoms with E-state index in [0.29, 0.717) is 45.7 Å². The number of aliphatic imine (C=N–C) groups is 1. The molecule has 0 spiro atoms. The third-order valence-electron chi connectivity index (χ3n) is 4.48. The first kappa shape index (κ1) is 20.0. The quantitative estimate of drug-likeness (QED) is 0.538. The van der Waals surface area contributed by atoms with Crippen molar-refractivity contribution in [1.29, 1.82) is 0 Å². The summed E-state index contributed by atoms with van der Waals surface area (Å²) in [6.45, 7) is 5.40. The number of carbonyl (C=O) groups excluding carboxylic acids is 2. The fraction of sp³-hybridized carbons (Fsp3) is 0.350. The average molecular weight is 402 g/mol. The highest BCUT2D eigenvalue weighted by molar-refractivity contribution is 8.14. The van der Waals surface area contributed by atoms with Crippen molar-refractivity contribution in [2.45, 2.75) is 19.4 Å². The van der Waals surface area contributed by atoms with Crippen LogP contribution in [0.15, 0.2) is 47.1 Å². The molecule has 0 saturated carbocycles. The molecular formula is C20H22N2O5S. The Morgan fingerprint density at radius 3 is 2.79 bits per heavy atom. The van der Waals surface area contributed by atoms with Gasteiger partial charge in [0, 0.05) is 12.2 Å². The van der Waals surface area contributed by atoms with E-state index >= 15 is 0 Å². The highest BCUT2D eigenvalue weighted by Gasteiger charge is 2.41. The van der Waals surface area contributed by atoms with Crippen molar-refractivity contribution in [3.63, 3.8) is 0 Å². The number of carbonyl (C=O) groups is 2. The monoisotopic (exact) mass is 402 g/mol. The van der Waals surface area contributed by atoms with E-state index in [0.717, 1.165) is 0 Å². The summed E-state index contributed by atoms with van der Waals surface area (Å²) in [7, 11) is 3.09. The normalized spacial score (nSPS) is 19.0. The van der Waals surface area contributed by atoms with E-state index in [1.807, 2.05) is 6.07 Å².